The van der Waals surface area contributed by atoms with Crippen LogP contribution in [0.5, 0.6) is 0 Å². The molecule has 1 aromatic carbocycles. The molecule has 2 heterocycles. The predicted octanol–water partition coefficient (Wildman–Crippen LogP) is 1.35. The second-order valence-corrected chi connectivity index (χ2v) is 5.96. The fourth-order valence-electron chi connectivity index (χ4n) is 2.57. The SMILES string of the molecule is C[C@@H](O)[C@H]1C(=O)N2C(C(=O)O)=C(c3ccccc3)S[C@H]12. The summed E-state index contributed by atoms with van der Waals surface area (Å²) in [5.74, 6) is -1.97. The second kappa shape index (κ2) is 4.64. The van der Waals surface area contributed by atoms with Gasteiger partial charge in [-0.15, -0.1) is 0 Å². The number of carboxylic acids is 1. The molecule has 20 heavy (non-hydrogen) atoms. The van der Waals surface area contributed by atoms with Crippen LogP contribution in [0.1, 0.15) is 12.5 Å². The van der Waals surface area contributed by atoms with E-state index in [1.165, 1.54) is 16.7 Å². The summed E-state index contributed by atoms with van der Waals surface area (Å²) in [4.78, 5) is 25.4. The van der Waals surface area contributed by atoms with Gasteiger partial charge in [0.2, 0.25) is 5.91 Å². The van der Waals surface area contributed by atoms with Crippen LogP contribution in [0.25, 0.3) is 4.91 Å². The van der Waals surface area contributed by atoms with Crippen molar-refractivity contribution in [1.29, 1.82) is 0 Å². The standard InChI is InChI=1S/C14H13NO4S/c1-7(16)9-12(17)15-10(14(18)19)11(20-13(9)15)8-5-3-2-4-6-8/h2-7,9,13,16H,1H3,(H,18,19)/t7-,9+,13-/m1/s1. The van der Waals surface area contributed by atoms with Gasteiger partial charge in [0.15, 0.2) is 0 Å². The third-order valence-corrected chi connectivity index (χ3v) is 4.95. The minimum atomic E-state index is -1.11. The van der Waals surface area contributed by atoms with Gasteiger partial charge in [-0.05, 0) is 12.5 Å². The van der Waals surface area contributed by atoms with Crippen LogP contribution in [0.3, 0.4) is 0 Å². The van der Waals surface area contributed by atoms with Crippen molar-refractivity contribution >= 4 is 28.5 Å². The summed E-state index contributed by atoms with van der Waals surface area (Å²) in [7, 11) is 0. The van der Waals surface area contributed by atoms with Gasteiger partial charge < -0.3 is 10.2 Å². The molecule has 6 heteroatoms. The summed E-state index contributed by atoms with van der Waals surface area (Å²) in [6.45, 7) is 1.56. The maximum Gasteiger partial charge on any atom is 0.353 e. The van der Waals surface area contributed by atoms with E-state index in [9.17, 15) is 19.8 Å². The molecule has 5 nitrogen and oxygen atoms in total. The van der Waals surface area contributed by atoms with E-state index in [-0.39, 0.29) is 17.0 Å². The lowest BCUT2D eigenvalue weighted by Crippen LogP contribution is -2.60. The van der Waals surface area contributed by atoms with Crippen molar-refractivity contribution in [1.82, 2.24) is 4.90 Å². The van der Waals surface area contributed by atoms with Crippen LogP contribution in [0.2, 0.25) is 0 Å². The van der Waals surface area contributed by atoms with E-state index >= 15 is 0 Å². The number of aliphatic hydroxyl groups is 1. The number of carbonyl (C=O) groups is 2. The summed E-state index contributed by atoms with van der Waals surface area (Å²) in [6.07, 6.45) is -0.776. The number of aliphatic carboxylic acids is 1. The van der Waals surface area contributed by atoms with E-state index in [1.807, 2.05) is 30.3 Å². The number of amides is 1. The van der Waals surface area contributed by atoms with E-state index in [1.54, 1.807) is 6.92 Å². The topological polar surface area (TPSA) is 77.8 Å². The Hall–Kier alpha value is -1.79. The van der Waals surface area contributed by atoms with Gasteiger partial charge in [-0.25, -0.2) is 4.79 Å². The van der Waals surface area contributed by atoms with Crippen molar-refractivity contribution in [3.8, 4) is 0 Å². The van der Waals surface area contributed by atoms with E-state index in [0.29, 0.717) is 4.91 Å². The monoisotopic (exact) mass is 291 g/mol. The van der Waals surface area contributed by atoms with E-state index in [4.69, 9.17) is 0 Å². The summed E-state index contributed by atoms with van der Waals surface area (Å²) in [5.41, 5.74) is 0.801. The van der Waals surface area contributed by atoms with Gasteiger partial charge in [0.25, 0.3) is 0 Å². The lowest BCUT2D eigenvalue weighted by atomic mass is 9.92. The van der Waals surface area contributed by atoms with Gasteiger partial charge in [-0.1, -0.05) is 42.1 Å². The minimum absolute atomic E-state index is 0.0214. The van der Waals surface area contributed by atoms with Crippen molar-refractivity contribution in [2.45, 2.75) is 18.4 Å². The van der Waals surface area contributed by atoms with Crippen molar-refractivity contribution in [2.24, 2.45) is 5.92 Å². The Morgan fingerprint density at radius 1 is 1.35 bits per heavy atom. The Morgan fingerprint density at radius 3 is 2.55 bits per heavy atom. The summed E-state index contributed by atoms with van der Waals surface area (Å²) < 4.78 is 0. The first-order chi connectivity index (χ1) is 9.52. The Labute approximate surface area is 119 Å². The van der Waals surface area contributed by atoms with Crippen molar-refractivity contribution in [3.63, 3.8) is 0 Å². The highest BCUT2D eigenvalue weighted by Crippen LogP contribution is 2.53. The number of aliphatic hydroxyl groups excluding tert-OH is 1. The van der Waals surface area contributed by atoms with Crippen LogP contribution >= 0.6 is 11.8 Å². The first kappa shape index (κ1) is 13.2. The maximum absolute atomic E-state index is 12.0. The quantitative estimate of drug-likeness (QED) is 0.822. The Kier molecular flexibility index (Phi) is 3.07. The predicted molar refractivity (Wildman–Crippen MR) is 74.4 cm³/mol. The van der Waals surface area contributed by atoms with Crippen LogP contribution in [0, 0.1) is 5.92 Å². The number of benzene rings is 1. The first-order valence-corrected chi connectivity index (χ1v) is 7.11. The molecule has 1 saturated heterocycles. The molecule has 2 aliphatic heterocycles. The molecule has 2 N–H and O–H groups in total. The average molecular weight is 291 g/mol. The molecule has 1 aromatic rings. The molecule has 3 atom stereocenters. The van der Waals surface area contributed by atoms with Gasteiger partial charge in [-0.2, -0.15) is 0 Å². The number of β-lactam (4-membered cyclic amide) rings is 1. The number of rotatable bonds is 3. The van der Waals surface area contributed by atoms with E-state index in [0.717, 1.165) is 5.56 Å². The maximum atomic E-state index is 12.0. The van der Waals surface area contributed by atoms with Crippen molar-refractivity contribution < 1.29 is 19.8 Å². The molecule has 3 rings (SSSR count). The van der Waals surface area contributed by atoms with Crippen LogP contribution in [-0.2, 0) is 9.59 Å². The molecule has 0 saturated carbocycles. The van der Waals surface area contributed by atoms with Crippen LogP contribution in [0.15, 0.2) is 36.0 Å². The van der Waals surface area contributed by atoms with Gasteiger partial charge >= 0.3 is 5.97 Å². The number of thioether (sulfide) groups is 1. The Morgan fingerprint density at radius 2 is 2.00 bits per heavy atom. The fraction of sp³-hybridized carbons (Fsp3) is 0.286. The number of fused-ring (bicyclic) bond motifs is 1. The average Bonchev–Trinajstić information content (AvgIpc) is 2.74. The normalized spacial score (nSPS) is 26.3. The molecule has 0 aliphatic carbocycles. The summed E-state index contributed by atoms with van der Waals surface area (Å²) in [5, 5.41) is 18.7. The fourth-order valence-corrected chi connectivity index (χ4v) is 4.19. The first-order valence-electron chi connectivity index (χ1n) is 6.23. The zero-order valence-electron chi connectivity index (χ0n) is 10.7. The van der Waals surface area contributed by atoms with Crippen LogP contribution < -0.4 is 0 Å². The van der Waals surface area contributed by atoms with Gasteiger partial charge in [-0.3, -0.25) is 9.69 Å². The number of hydrogen-bond acceptors (Lipinski definition) is 4. The number of carbonyl (C=O) groups excluding carboxylic acids is 1. The number of nitrogens with zero attached hydrogens (tertiary/aromatic N) is 1. The highest BCUT2D eigenvalue weighted by atomic mass is 32.2. The molecule has 0 spiro atoms. The highest BCUT2D eigenvalue weighted by Gasteiger charge is 2.57. The second-order valence-electron chi connectivity index (χ2n) is 4.83. The number of carboxylic acid groups (broad SMARTS) is 1. The van der Waals surface area contributed by atoms with Gasteiger partial charge in [0.1, 0.15) is 11.1 Å². The number of hydrogen-bond donors (Lipinski definition) is 2. The molecular weight excluding hydrogens is 278 g/mol. The van der Waals surface area contributed by atoms with E-state index < -0.39 is 18.0 Å². The molecule has 0 aromatic heterocycles. The zero-order chi connectivity index (χ0) is 14.4. The van der Waals surface area contributed by atoms with Crippen molar-refractivity contribution in [3.05, 3.63) is 41.6 Å². The molecular formula is C14H13NO4S. The molecule has 104 valence electrons. The third kappa shape index (κ3) is 1.76. The molecule has 1 amide bonds. The molecule has 1 fully saturated rings. The van der Waals surface area contributed by atoms with Crippen molar-refractivity contribution in [2.75, 3.05) is 0 Å². The Balaban J connectivity index is 2.03. The smallest absolute Gasteiger partial charge is 0.353 e. The summed E-state index contributed by atoms with van der Waals surface area (Å²) >= 11 is 1.33. The van der Waals surface area contributed by atoms with Gasteiger partial charge in [0.05, 0.1) is 12.0 Å². The summed E-state index contributed by atoms with van der Waals surface area (Å²) in [6, 6.07) is 9.14. The zero-order valence-corrected chi connectivity index (χ0v) is 11.5. The van der Waals surface area contributed by atoms with E-state index in [2.05, 4.69) is 0 Å². The Bertz CT molecular complexity index is 611. The van der Waals surface area contributed by atoms with Gasteiger partial charge in [0, 0.05) is 4.91 Å². The lowest BCUT2D eigenvalue weighted by molar-refractivity contribution is -0.156. The molecule has 0 bridgehead atoms. The highest BCUT2D eigenvalue weighted by molar-refractivity contribution is 8.09. The van der Waals surface area contributed by atoms with Crippen LogP contribution in [-0.4, -0.2) is 38.5 Å². The molecule has 2 aliphatic rings. The molecule has 0 radical (unpaired) electrons. The lowest BCUT2D eigenvalue weighted by Gasteiger charge is -2.43. The van der Waals surface area contributed by atoms with Crippen LogP contribution in [0.4, 0.5) is 0 Å². The minimum Gasteiger partial charge on any atom is -0.477 e. The third-order valence-electron chi connectivity index (χ3n) is 3.54. The molecule has 0 unspecified atom stereocenters. The largest absolute Gasteiger partial charge is 0.477 e.